The Morgan fingerprint density at radius 3 is 2.69 bits per heavy atom. The van der Waals surface area contributed by atoms with Gasteiger partial charge in [-0.2, -0.15) is 18.3 Å². The number of anilines is 1. The number of benzene rings is 2. The van der Waals surface area contributed by atoms with E-state index in [2.05, 4.69) is 10.4 Å². The fourth-order valence-electron chi connectivity index (χ4n) is 4.26. The highest BCUT2D eigenvalue weighted by Crippen LogP contribution is 2.33. The van der Waals surface area contributed by atoms with E-state index in [0.717, 1.165) is 18.6 Å². The Labute approximate surface area is 205 Å². The van der Waals surface area contributed by atoms with Crippen LogP contribution < -0.4 is 10.1 Å². The number of hydrogen-bond donors (Lipinski definition) is 2. The summed E-state index contributed by atoms with van der Waals surface area (Å²) >= 11 is 0. The van der Waals surface area contributed by atoms with Gasteiger partial charge in [0, 0.05) is 36.6 Å². The number of alkyl halides is 3. The van der Waals surface area contributed by atoms with Crippen molar-refractivity contribution in [2.45, 2.75) is 25.1 Å². The molecule has 2 heterocycles. The fourth-order valence-corrected chi connectivity index (χ4v) is 4.26. The highest BCUT2D eigenvalue weighted by Gasteiger charge is 2.31. The van der Waals surface area contributed by atoms with Gasteiger partial charge in [-0.05, 0) is 61.9 Å². The van der Waals surface area contributed by atoms with Crippen molar-refractivity contribution in [2.24, 2.45) is 7.05 Å². The molecule has 1 aliphatic heterocycles. The number of nitrogens with one attached hydrogen (secondary N) is 1. The molecule has 0 saturated carbocycles. The molecule has 36 heavy (non-hydrogen) atoms. The number of hydrogen-bond acceptors (Lipinski definition) is 5. The number of aryl methyl sites for hydroxylation is 1. The number of carboxylic acids is 1. The molecule has 2 N–H and O–H groups in total. The van der Waals surface area contributed by atoms with Crippen molar-refractivity contribution >= 4 is 17.6 Å². The van der Waals surface area contributed by atoms with Gasteiger partial charge in [0.25, 0.3) is 5.91 Å². The lowest BCUT2D eigenvalue weighted by atomic mass is 10.1. The molecule has 4 rings (SSSR count). The number of rotatable bonds is 8. The minimum absolute atomic E-state index is 0.120. The molecule has 1 aliphatic rings. The van der Waals surface area contributed by atoms with Gasteiger partial charge in [0.2, 0.25) is 0 Å². The second-order valence-electron chi connectivity index (χ2n) is 8.46. The molecule has 11 heteroatoms. The van der Waals surface area contributed by atoms with Crippen LogP contribution in [0.4, 0.5) is 18.9 Å². The number of nitrogens with zero attached hydrogens (tertiary/aromatic N) is 3. The molecular weight excluding hydrogens is 477 g/mol. The summed E-state index contributed by atoms with van der Waals surface area (Å²) in [7, 11) is 1.74. The van der Waals surface area contributed by atoms with Crippen molar-refractivity contribution in [1.29, 1.82) is 0 Å². The van der Waals surface area contributed by atoms with Gasteiger partial charge in [-0.3, -0.25) is 19.2 Å². The van der Waals surface area contributed by atoms with E-state index >= 15 is 0 Å². The first-order valence-corrected chi connectivity index (χ1v) is 11.3. The van der Waals surface area contributed by atoms with Crippen LogP contribution in [0.1, 0.15) is 28.8 Å². The maximum Gasteiger partial charge on any atom is 0.416 e. The molecule has 3 aromatic rings. The summed E-state index contributed by atoms with van der Waals surface area (Å²) in [6.07, 6.45) is -1.52. The summed E-state index contributed by atoms with van der Waals surface area (Å²) < 4.78 is 46.7. The Morgan fingerprint density at radius 1 is 1.19 bits per heavy atom. The molecule has 8 nitrogen and oxygen atoms in total. The second kappa shape index (κ2) is 10.4. The fraction of sp³-hybridized carbons (Fsp3) is 0.320. The van der Waals surface area contributed by atoms with Gasteiger partial charge in [-0.15, -0.1) is 0 Å². The average molecular weight is 502 g/mol. The van der Waals surface area contributed by atoms with E-state index in [1.54, 1.807) is 42.2 Å². The SMILES string of the molecule is Cn1nccc1-c1cc(NC(=O)c2cccc(C(F)(F)F)c2)ccc1OCCN1CCC[C@@H]1C(=O)O. The van der Waals surface area contributed by atoms with E-state index in [0.29, 0.717) is 42.2 Å². The van der Waals surface area contributed by atoms with E-state index in [1.165, 1.54) is 12.1 Å². The summed E-state index contributed by atoms with van der Waals surface area (Å²) in [6.45, 7) is 1.38. The minimum atomic E-state index is -4.55. The predicted octanol–water partition coefficient (Wildman–Crippen LogP) is 4.29. The molecule has 0 radical (unpaired) electrons. The first kappa shape index (κ1) is 25.2. The third kappa shape index (κ3) is 5.68. The van der Waals surface area contributed by atoms with Crippen LogP contribution in [0.2, 0.25) is 0 Å². The molecule has 0 aliphatic carbocycles. The van der Waals surface area contributed by atoms with Crippen molar-refractivity contribution in [3.05, 3.63) is 65.9 Å². The van der Waals surface area contributed by atoms with Gasteiger partial charge in [0.15, 0.2) is 0 Å². The predicted molar refractivity (Wildman–Crippen MR) is 126 cm³/mol. The Kier molecular flexibility index (Phi) is 7.30. The standard InChI is InChI=1S/C25H25F3N4O4/c1-31-20(9-10-29-31)19-15-18(30-23(33)16-4-2-5-17(14-16)25(26,27)28)7-8-22(19)36-13-12-32-11-3-6-21(32)24(34)35/h2,4-5,7-10,14-15,21H,3,6,11-13H2,1H3,(H,30,33)(H,34,35)/t21-/m1/s1. The maximum absolute atomic E-state index is 13.0. The number of carbonyl (C=O) groups excluding carboxylic acids is 1. The minimum Gasteiger partial charge on any atom is -0.492 e. The Bertz CT molecular complexity index is 1260. The number of carboxylic acid groups (broad SMARTS) is 1. The van der Waals surface area contributed by atoms with Crippen LogP contribution in [0.15, 0.2) is 54.7 Å². The third-order valence-electron chi connectivity index (χ3n) is 6.07. The molecular formula is C25H25F3N4O4. The van der Waals surface area contributed by atoms with Crippen molar-refractivity contribution in [1.82, 2.24) is 14.7 Å². The van der Waals surface area contributed by atoms with Gasteiger partial charge < -0.3 is 15.2 Å². The van der Waals surface area contributed by atoms with E-state index in [9.17, 15) is 27.9 Å². The van der Waals surface area contributed by atoms with Crippen molar-refractivity contribution < 1.29 is 32.6 Å². The second-order valence-corrected chi connectivity index (χ2v) is 8.46. The smallest absolute Gasteiger partial charge is 0.416 e. The summed E-state index contributed by atoms with van der Waals surface area (Å²) in [5.74, 6) is -1.02. The molecule has 0 bridgehead atoms. The van der Waals surface area contributed by atoms with Gasteiger partial charge in [-0.25, -0.2) is 0 Å². The Balaban J connectivity index is 1.52. The zero-order chi connectivity index (χ0) is 25.9. The molecule has 2 aromatic carbocycles. The molecule has 1 saturated heterocycles. The highest BCUT2D eigenvalue weighted by molar-refractivity contribution is 6.04. The van der Waals surface area contributed by atoms with E-state index in [1.807, 2.05) is 4.90 Å². The van der Waals surface area contributed by atoms with Crippen LogP contribution in [0.3, 0.4) is 0 Å². The number of likely N-dealkylation sites (tertiary alicyclic amines) is 1. The molecule has 190 valence electrons. The van der Waals surface area contributed by atoms with E-state index in [-0.39, 0.29) is 12.2 Å². The van der Waals surface area contributed by atoms with Crippen molar-refractivity contribution in [3.8, 4) is 17.0 Å². The third-order valence-corrected chi connectivity index (χ3v) is 6.07. The van der Waals surface area contributed by atoms with Gasteiger partial charge in [-0.1, -0.05) is 6.07 Å². The monoisotopic (exact) mass is 502 g/mol. The number of carbonyl (C=O) groups is 2. The first-order valence-electron chi connectivity index (χ1n) is 11.3. The number of amides is 1. The van der Waals surface area contributed by atoms with Gasteiger partial charge in [0.05, 0.1) is 11.3 Å². The molecule has 0 unspecified atom stereocenters. The van der Waals surface area contributed by atoms with E-state index in [4.69, 9.17) is 4.74 Å². The molecule has 1 atom stereocenters. The van der Waals surface area contributed by atoms with Gasteiger partial charge >= 0.3 is 12.1 Å². The summed E-state index contributed by atoms with van der Waals surface area (Å²) in [5, 5.41) is 16.2. The average Bonchev–Trinajstić information content (AvgIpc) is 3.48. The molecule has 0 spiro atoms. The molecule has 1 aromatic heterocycles. The van der Waals surface area contributed by atoms with Crippen LogP contribution >= 0.6 is 0 Å². The molecule has 1 amide bonds. The maximum atomic E-state index is 13.0. The zero-order valence-corrected chi connectivity index (χ0v) is 19.5. The summed E-state index contributed by atoms with van der Waals surface area (Å²) in [5.41, 5.74) is 0.660. The van der Waals surface area contributed by atoms with Crippen LogP contribution in [-0.2, 0) is 18.0 Å². The number of ether oxygens (including phenoxy) is 1. The quantitative estimate of drug-likeness (QED) is 0.477. The Hall–Kier alpha value is -3.86. The van der Waals surface area contributed by atoms with Gasteiger partial charge in [0.1, 0.15) is 18.4 Å². The van der Waals surface area contributed by atoms with E-state index < -0.39 is 29.7 Å². The number of halogens is 3. The van der Waals surface area contributed by atoms with Crippen molar-refractivity contribution in [2.75, 3.05) is 25.0 Å². The normalized spacial score (nSPS) is 16.2. The van der Waals surface area contributed by atoms with Crippen molar-refractivity contribution in [3.63, 3.8) is 0 Å². The topological polar surface area (TPSA) is 96.7 Å². The molecule has 1 fully saturated rings. The lowest BCUT2D eigenvalue weighted by molar-refractivity contribution is -0.142. The van der Waals surface area contributed by atoms with Crippen LogP contribution in [0.5, 0.6) is 5.75 Å². The van der Waals surface area contributed by atoms with Crippen LogP contribution in [-0.4, -0.2) is 57.4 Å². The van der Waals surface area contributed by atoms with Crippen LogP contribution in [0.25, 0.3) is 11.3 Å². The first-order chi connectivity index (χ1) is 17.1. The zero-order valence-electron chi connectivity index (χ0n) is 19.5. The lowest BCUT2D eigenvalue weighted by Gasteiger charge is -2.21. The number of aromatic nitrogens is 2. The lowest BCUT2D eigenvalue weighted by Crippen LogP contribution is -2.38. The Morgan fingerprint density at radius 2 is 2.00 bits per heavy atom. The largest absolute Gasteiger partial charge is 0.492 e. The number of aliphatic carboxylic acids is 1. The summed E-state index contributed by atoms with van der Waals surface area (Å²) in [4.78, 5) is 25.9. The highest BCUT2D eigenvalue weighted by atomic mass is 19.4. The summed E-state index contributed by atoms with van der Waals surface area (Å²) in [6, 6.07) is 10.4. The van der Waals surface area contributed by atoms with Crippen LogP contribution in [0, 0.1) is 0 Å².